The molecule has 3 heteroatoms. The third kappa shape index (κ3) is 2.59. The Balaban J connectivity index is 2.03. The summed E-state index contributed by atoms with van der Waals surface area (Å²) >= 11 is 3.78. The Hall–Kier alpha value is -1.16. The largest absolute Gasteiger partial charge is 0.305 e. The molecule has 98 valence electrons. The Morgan fingerprint density at radius 1 is 1.05 bits per heavy atom. The van der Waals surface area contributed by atoms with Crippen molar-refractivity contribution in [3.8, 4) is 0 Å². The van der Waals surface area contributed by atoms with Gasteiger partial charge in [0, 0.05) is 19.3 Å². The van der Waals surface area contributed by atoms with Gasteiger partial charge in [-0.1, -0.05) is 25.1 Å². The van der Waals surface area contributed by atoms with E-state index in [9.17, 15) is 0 Å². The lowest BCUT2D eigenvalue weighted by Crippen LogP contribution is -2.19. The molecule has 1 unspecified atom stereocenters. The van der Waals surface area contributed by atoms with Gasteiger partial charge in [-0.3, -0.25) is 0 Å². The summed E-state index contributed by atoms with van der Waals surface area (Å²) in [5.74, 6) is 0. The van der Waals surface area contributed by atoms with Crippen LogP contribution in [0.5, 0.6) is 0 Å². The van der Waals surface area contributed by atoms with Crippen LogP contribution < -0.4 is 5.32 Å². The predicted octanol–water partition coefficient (Wildman–Crippen LogP) is 4.97. The second-order valence-corrected chi connectivity index (χ2v) is 7.06. The molecule has 1 N–H and O–H groups in total. The average Bonchev–Trinajstić information content (AvgIpc) is 3.01. The average molecular weight is 287 g/mol. The number of nitrogens with one attached hydrogen (secondary N) is 1. The molecule has 2 aromatic heterocycles. The van der Waals surface area contributed by atoms with Gasteiger partial charge in [0.2, 0.25) is 0 Å². The van der Waals surface area contributed by atoms with E-state index in [1.807, 2.05) is 22.7 Å². The first-order valence-corrected chi connectivity index (χ1v) is 8.19. The summed E-state index contributed by atoms with van der Waals surface area (Å²) in [6.07, 6.45) is 0. The van der Waals surface area contributed by atoms with Crippen molar-refractivity contribution >= 4 is 32.8 Å². The molecule has 1 nitrogen and oxygen atoms in total. The molecule has 0 spiro atoms. The van der Waals surface area contributed by atoms with Gasteiger partial charge in [0.1, 0.15) is 0 Å². The monoisotopic (exact) mass is 287 g/mol. The molecule has 1 aromatic carbocycles. The fraction of sp³-hybridized carbons (Fsp3) is 0.250. The molecule has 1 atom stereocenters. The summed E-state index contributed by atoms with van der Waals surface area (Å²) in [5.41, 5.74) is 0. The van der Waals surface area contributed by atoms with Gasteiger partial charge in [-0.05, 0) is 43.1 Å². The molecule has 0 radical (unpaired) electrons. The molecule has 0 fully saturated rings. The van der Waals surface area contributed by atoms with E-state index in [4.69, 9.17) is 0 Å². The van der Waals surface area contributed by atoms with Gasteiger partial charge in [-0.2, -0.15) is 0 Å². The Morgan fingerprint density at radius 3 is 2.58 bits per heavy atom. The molecule has 0 saturated heterocycles. The minimum atomic E-state index is 0.334. The van der Waals surface area contributed by atoms with Crippen molar-refractivity contribution in [1.82, 2.24) is 5.32 Å². The highest BCUT2D eigenvalue weighted by molar-refractivity contribution is 7.19. The first-order valence-electron chi connectivity index (χ1n) is 6.56. The molecule has 3 aromatic rings. The Bertz CT molecular complexity index is 648. The van der Waals surface area contributed by atoms with E-state index in [1.54, 1.807) is 0 Å². The van der Waals surface area contributed by atoms with Crippen LogP contribution in [0.15, 0.2) is 42.5 Å². The number of hydrogen-bond acceptors (Lipinski definition) is 3. The molecule has 0 aliphatic heterocycles. The quantitative estimate of drug-likeness (QED) is 0.714. The number of fused-ring (bicyclic) bond motifs is 1. The molecule has 3 rings (SSSR count). The number of hydrogen-bond donors (Lipinski definition) is 1. The van der Waals surface area contributed by atoms with Crippen molar-refractivity contribution in [3.05, 3.63) is 57.1 Å². The summed E-state index contributed by atoms with van der Waals surface area (Å²) in [5, 5.41) is 4.96. The predicted molar refractivity (Wildman–Crippen MR) is 86.4 cm³/mol. The van der Waals surface area contributed by atoms with Gasteiger partial charge in [0.05, 0.1) is 6.04 Å². The second-order valence-electron chi connectivity index (χ2n) is 4.63. The summed E-state index contributed by atoms with van der Waals surface area (Å²) < 4.78 is 1.37. The van der Waals surface area contributed by atoms with E-state index in [1.165, 1.54) is 24.7 Å². The standard InChI is InChI=1S/C16H17NS2/c1-3-17-16(14-9-8-11(2)18-14)15-10-12-6-4-5-7-13(12)19-15/h4-10,16-17H,3H2,1-2H3. The molecule has 2 heterocycles. The van der Waals surface area contributed by atoms with E-state index in [-0.39, 0.29) is 0 Å². The van der Waals surface area contributed by atoms with E-state index in [0.717, 1.165) is 6.54 Å². The lowest BCUT2D eigenvalue weighted by atomic mass is 10.1. The maximum absolute atomic E-state index is 3.61. The van der Waals surface area contributed by atoms with Crippen molar-refractivity contribution in [2.24, 2.45) is 0 Å². The number of aryl methyl sites for hydroxylation is 1. The zero-order valence-corrected chi connectivity index (χ0v) is 12.8. The number of rotatable bonds is 4. The Labute approximate surface area is 121 Å². The minimum Gasteiger partial charge on any atom is -0.305 e. The van der Waals surface area contributed by atoms with E-state index in [2.05, 4.69) is 61.6 Å². The molecular formula is C16H17NS2. The molecule has 0 amide bonds. The molecule has 0 saturated carbocycles. The first-order chi connectivity index (χ1) is 9.28. The van der Waals surface area contributed by atoms with Crippen LogP contribution in [0.2, 0.25) is 0 Å². The Kier molecular flexibility index (Phi) is 3.69. The zero-order chi connectivity index (χ0) is 13.2. The molecule has 0 aliphatic carbocycles. The highest BCUT2D eigenvalue weighted by Gasteiger charge is 2.17. The SMILES string of the molecule is CCNC(c1ccc(C)s1)c1cc2ccccc2s1. The molecule has 19 heavy (non-hydrogen) atoms. The highest BCUT2D eigenvalue weighted by atomic mass is 32.1. The summed E-state index contributed by atoms with van der Waals surface area (Å²) in [4.78, 5) is 4.19. The van der Waals surface area contributed by atoms with Crippen LogP contribution in [-0.4, -0.2) is 6.54 Å². The van der Waals surface area contributed by atoms with Gasteiger partial charge in [-0.25, -0.2) is 0 Å². The number of benzene rings is 1. The van der Waals surface area contributed by atoms with Crippen molar-refractivity contribution in [1.29, 1.82) is 0 Å². The molecule has 0 bridgehead atoms. The lowest BCUT2D eigenvalue weighted by molar-refractivity contribution is 0.649. The topological polar surface area (TPSA) is 12.0 Å². The van der Waals surface area contributed by atoms with Gasteiger partial charge in [0.15, 0.2) is 0 Å². The fourth-order valence-corrected chi connectivity index (χ4v) is 4.50. The van der Waals surface area contributed by atoms with Crippen molar-refractivity contribution < 1.29 is 0 Å². The minimum absolute atomic E-state index is 0.334. The van der Waals surface area contributed by atoms with Crippen molar-refractivity contribution in [2.45, 2.75) is 19.9 Å². The molecule has 0 aliphatic rings. The second kappa shape index (κ2) is 5.45. The van der Waals surface area contributed by atoms with E-state index in [0.29, 0.717) is 6.04 Å². The van der Waals surface area contributed by atoms with Gasteiger partial charge in [-0.15, -0.1) is 22.7 Å². The van der Waals surface area contributed by atoms with Crippen LogP contribution in [0.3, 0.4) is 0 Å². The normalized spacial score (nSPS) is 12.9. The number of thiophene rings is 2. The van der Waals surface area contributed by atoms with Gasteiger partial charge < -0.3 is 5.32 Å². The maximum atomic E-state index is 3.61. The smallest absolute Gasteiger partial charge is 0.0765 e. The summed E-state index contributed by atoms with van der Waals surface area (Å²) in [6, 6.07) is 15.7. The maximum Gasteiger partial charge on any atom is 0.0765 e. The zero-order valence-electron chi connectivity index (χ0n) is 11.1. The van der Waals surface area contributed by atoms with Crippen LogP contribution >= 0.6 is 22.7 Å². The van der Waals surface area contributed by atoms with E-state index >= 15 is 0 Å². The highest BCUT2D eigenvalue weighted by Crippen LogP contribution is 2.35. The molecular weight excluding hydrogens is 270 g/mol. The fourth-order valence-electron chi connectivity index (χ4n) is 2.30. The van der Waals surface area contributed by atoms with Crippen molar-refractivity contribution in [3.63, 3.8) is 0 Å². The van der Waals surface area contributed by atoms with Crippen LogP contribution in [0.25, 0.3) is 10.1 Å². The van der Waals surface area contributed by atoms with Crippen LogP contribution in [0, 0.1) is 6.92 Å². The van der Waals surface area contributed by atoms with Gasteiger partial charge >= 0.3 is 0 Å². The van der Waals surface area contributed by atoms with Crippen molar-refractivity contribution in [2.75, 3.05) is 6.54 Å². The van der Waals surface area contributed by atoms with Crippen LogP contribution in [-0.2, 0) is 0 Å². The first kappa shape index (κ1) is 12.9. The Morgan fingerprint density at radius 2 is 1.89 bits per heavy atom. The van der Waals surface area contributed by atoms with Gasteiger partial charge in [0.25, 0.3) is 0 Å². The van der Waals surface area contributed by atoms with Crippen LogP contribution in [0.4, 0.5) is 0 Å². The third-order valence-electron chi connectivity index (χ3n) is 3.18. The van der Waals surface area contributed by atoms with E-state index < -0.39 is 0 Å². The summed E-state index contributed by atoms with van der Waals surface area (Å²) in [6.45, 7) is 5.32. The lowest BCUT2D eigenvalue weighted by Gasteiger charge is -2.14. The summed E-state index contributed by atoms with van der Waals surface area (Å²) in [7, 11) is 0. The van der Waals surface area contributed by atoms with Crippen LogP contribution in [0.1, 0.15) is 27.6 Å². The third-order valence-corrected chi connectivity index (χ3v) is 5.43.